The molecule has 0 saturated carbocycles. The molecule has 0 unspecified atom stereocenters. The van der Waals surface area contributed by atoms with Crippen LogP contribution in [0.5, 0.6) is 0 Å². The molecule has 2 nitrogen and oxygen atoms in total. The highest BCUT2D eigenvalue weighted by Crippen LogP contribution is 2.39. The summed E-state index contributed by atoms with van der Waals surface area (Å²) in [5, 5.41) is 0.290. The maximum Gasteiger partial charge on any atom is 0.192 e. The maximum atomic E-state index is 6.61. The molecule has 1 fully saturated rings. The van der Waals surface area contributed by atoms with E-state index >= 15 is 0 Å². The average molecular weight is 343 g/mol. The lowest BCUT2D eigenvalue weighted by Gasteiger charge is -2.39. The van der Waals surface area contributed by atoms with Gasteiger partial charge in [-0.05, 0) is 24.6 Å². The lowest BCUT2D eigenvalue weighted by Crippen LogP contribution is -2.45. The van der Waals surface area contributed by atoms with Crippen molar-refractivity contribution in [2.75, 3.05) is 6.61 Å². The van der Waals surface area contributed by atoms with Crippen LogP contribution in [0.15, 0.2) is 0 Å². The van der Waals surface area contributed by atoms with Gasteiger partial charge in [0.2, 0.25) is 0 Å². The first-order valence-electron chi connectivity index (χ1n) is 10.1. The molecule has 1 heterocycles. The summed E-state index contributed by atoms with van der Waals surface area (Å²) in [6.07, 6.45) is 14.4. The normalized spacial score (nSPS) is 19.8. The van der Waals surface area contributed by atoms with Gasteiger partial charge in [0.1, 0.15) is 6.10 Å². The van der Waals surface area contributed by atoms with E-state index < -0.39 is 8.32 Å². The monoisotopic (exact) mass is 342 g/mol. The Kier molecular flexibility index (Phi) is 9.39. The van der Waals surface area contributed by atoms with Gasteiger partial charge in [0.25, 0.3) is 0 Å². The highest BCUT2D eigenvalue weighted by molar-refractivity contribution is 6.74. The SMILES string of the molecule is CCCCCCCCCCC[C@@H](O[Si](C)(C)C(C)(C)C)[C@H]1CO1. The molecule has 0 bridgehead atoms. The van der Waals surface area contributed by atoms with E-state index in [2.05, 4.69) is 40.8 Å². The summed E-state index contributed by atoms with van der Waals surface area (Å²) >= 11 is 0. The first-order chi connectivity index (χ1) is 10.8. The van der Waals surface area contributed by atoms with Gasteiger partial charge in [-0.25, -0.2) is 0 Å². The Morgan fingerprint density at radius 1 is 0.957 bits per heavy atom. The van der Waals surface area contributed by atoms with Crippen molar-refractivity contribution in [2.45, 2.75) is 122 Å². The summed E-state index contributed by atoms with van der Waals surface area (Å²) in [6, 6.07) is 0. The van der Waals surface area contributed by atoms with Gasteiger partial charge >= 0.3 is 0 Å². The van der Waals surface area contributed by atoms with Gasteiger partial charge in [0, 0.05) is 0 Å². The van der Waals surface area contributed by atoms with E-state index in [1.807, 2.05) is 0 Å². The Labute approximate surface area is 146 Å². The molecule has 1 saturated heterocycles. The molecule has 1 aliphatic heterocycles. The number of epoxide rings is 1. The molecule has 1 aliphatic rings. The molecular formula is C20H42O2Si. The standard InChI is InChI=1S/C20H42O2Si/c1-7-8-9-10-11-12-13-14-15-16-18(19-17-21-19)22-23(5,6)20(2,3)4/h18-19H,7-17H2,1-6H3/t18-,19-/m1/s1. The van der Waals surface area contributed by atoms with Crippen LogP contribution in [-0.4, -0.2) is 27.1 Å². The quantitative estimate of drug-likeness (QED) is 0.211. The fourth-order valence-corrected chi connectivity index (χ4v) is 4.18. The zero-order valence-corrected chi connectivity index (χ0v) is 17.7. The fourth-order valence-electron chi connectivity index (χ4n) is 2.80. The molecule has 138 valence electrons. The zero-order chi connectivity index (χ0) is 17.3. The average Bonchev–Trinajstić information content (AvgIpc) is 3.27. The molecule has 0 aromatic rings. The van der Waals surface area contributed by atoms with Crippen LogP contribution in [0.25, 0.3) is 0 Å². The van der Waals surface area contributed by atoms with E-state index in [9.17, 15) is 0 Å². The summed E-state index contributed by atoms with van der Waals surface area (Å²) in [4.78, 5) is 0. The number of hydrogen-bond acceptors (Lipinski definition) is 2. The van der Waals surface area contributed by atoms with Crippen LogP contribution < -0.4 is 0 Å². The Hall–Kier alpha value is 0.137. The van der Waals surface area contributed by atoms with Crippen LogP contribution in [0.3, 0.4) is 0 Å². The van der Waals surface area contributed by atoms with Crippen molar-refractivity contribution >= 4 is 8.32 Å². The van der Waals surface area contributed by atoms with Gasteiger partial charge in [0.15, 0.2) is 8.32 Å². The fraction of sp³-hybridized carbons (Fsp3) is 1.00. The Balaban J connectivity index is 2.15. The van der Waals surface area contributed by atoms with E-state index in [0.717, 1.165) is 6.61 Å². The third-order valence-corrected chi connectivity index (χ3v) is 10.1. The van der Waals surface area contributed by atoms with Crippen molar-refractivity contribution < 1.29 is 9.16 Å². The molecule has 3 heteroatoms. The summed E-state index contributed by atoms with van der Waals surface area (Å²) in [7, 11) is -1.66. The van der Waals surface area contributed by atoms with Gasteiger partial charge in [-0.15, -0.1) is 0 Å². The van der Waals surface area contributed by atoms with Gasteiger partial charge in [-0.1, -0.05) is 85.5 Å². The topological polar surface area (TPSA) is 21.8 Å². The molecule has 2 atom stereocenters. The van der Waals surface area contributed by atoms with Crippen LogP contribution in [0.4, 0.5) is 0 Å². The lowest BCUT2D eigenvalue weighted by atomic mass is 10.0. The molecule has 0 aromatic carbocycles. The molecule has 0 N–H and O–H groups in total. The molecule has 0 aromatic heterocycles. The van der Waals surface area contributed by atoms with Crippen LogP contribution >= 0.6 is 0 Å². The lowest BCUT2D eigenvalue weighted by molar-refractivity contribution is 0.131. The smallest absolute Gasteiger partial charge is 0.192 e. The predicted octanol–water partition coefficient (Wildman–Crippen LogP) is 6.70. The second-order valence-electron chi connectivity index (χ2n) is 8.91. The summed E-state index contributed by atoms with van der Waals surface area (Å²) in [5.41, 5.74) is 0. The van der Waals surface area contributed by atoms with Crippen molar-refractivity contribution in [3.8, 4) is 0 Å². The summed E-state index contributed by atoms with van der Waals surface area (Å²) < 4.78 is 12.2. The van der Waals surface area contributed by atoms with Crippen molar-refractivity contribution in [2.24, 2.45) is 0 Å². The molecule has 0 radical (unpaired) electrons. The third kappa shape index (κ3) is 8.69. The molecule has 0 amide bonds. The van der Waals surface area contributed by atoms with E-state index in [-0.39, 0.29) is 0 Å². The predicted molar refractivity (Wildman–Crippen MR) is 104 cm³/mol. The third-order valence-electron chi connectivity index (χ3n) is 5.62. The highest BCUT2D eigenvalue weighted by atomic mass is 28.4. The maximum absolute atomic E-state index is 6.61. The summed E-state index contributed by atoms with van der Waals surface area (Å²) in [6.45, 7) is 14.9. The van der Waals surface area contributed by atoms with Crippen LogP contribution in [0.2, 0.25) is 18.1 Å². The minimum atomic E-state index is -1.66. The van der Waals surface area contributed by atoms with E-state index in [4.69, 9.17) is 9.16 Å². The van der Waals surface area contributed by atoms with Crippen molar-refractivity contribution in [3.63, 3.8) is 0 Å². The largest absolute Gasteiger partial charge is 0.411 e. The zero-order valence-electron chi connectivity index (χ0n) is 16.7. The van der Waals surface area contributed by atoms with Gasteiger partial charge in [-0.2, -0.15) is 0 Å². The van der Waals surface area contributed by atoms with Crippen molar-refractivity contribution in [3.05, 3.63) is 0 Å². The Morgan fingerprint density at radius 3 is 1.87 bits per heavy atom. The van der Waals surface area contributed by atoms with Crippen LogP contribution in [0.1, 0.15) is 91.9 Å². The second-order valence-corrected chi connectivity index (χ2v) is 13.7. The molecular weight excluding hydrogens is 300 g/mol. The summed E-state index contributed by atoms with van der Waals surface area (Å²) in [5.74, 6) is 0. The van der Waals surface area contributed by atoms with Gasteiger partial charge < -0.3 is 9.16 Å². The highest BCUT2D eigenvalue weighted by Gasteiger charge is 2.43. The minimum absolute atomic E-state index is 0.290. The molecule has 23 heavy (non-hydrogen) atoms. The first-order valence-corrected chi connectivity index (χ1v) is 13.0. The number of ether oxygens (including phenoxy) is 1. The molecule has 0 aliphatic carbocycles. The number of hydrogen-bond donors (Lipinski definition) is 0. The molecule has 0 spiro atoms. The van der Waals surface area contributed by atoms with E-state index in [0.29, 0.717) is 17.2 Å². The van der Waals surface area contributed by atoms with Crippen LogP contribution in [-0.2, 0) is 9.16 Å². The van der Waals surface area contributed by atoms with E-state index in [1.54, 1.807) is 0 Å². The minimum Gasteiger partial charge on any atom is -0.411 e. The first kappa shape index (κ1) is 21.2. The number of rotatable bonds is 13. The van der Waals surface area contributed by atoms with Gasteiger partial charge in [0.05, 0.1) is 12.7 Å². The number of unbranched alkanes of at least 4 members (excludes halogenated alkanes) is 8. The second kappa shape index (κ2) is 10.2. The Morgan fingerprint density at radius 2 is 1.43 bits per heavy atom. The van der Waals surface area contributed by atoms with Gasteiger partial charge in [-0.3, -0.25) is 0 Å². The van der Waals surface area contributed by atoms with Crippen LogP contribution in [0, 0.1) is 0 Å². The van der Waals surface area contributed by atoms with Crippen molar-refractivity contribution in [1.29, 1.82) is 0 Å². The van der Waals surface area contributed by atoms with Crippen molar-refractivity contribution in [1.82, 2.24) is 0 Å². The molecule has 1 rings (SSSR count). The van der Waals surface area contributed by atoms with E-state index in [1.165, 1.54) is 64.2 Å². The Bertz CT molecular complexity index is 305.